The number of aromatic nitrogens is 2. The Bertz CT molecular complexity index is 1410. The second-order valence-electron chi connectivity index (χ2n) is 8.47. The smallest absolute Gasteiger partial charge is 0.295 e. The number of nitrogens with one attached hydrogen (secondary N) is 3. The van der Waals surface area contributed by atoms with Gasteiger partial charge < -0.3 is 25.3 Å². The molecule has 0 spiro atoms. The van der Waals surface area contributed by atoms with Gasteiger partial charge in [0.1, 0.15) is 17.9 Å². The molecule has 0 radical (unpaired) electrons. The van der Waals surface area contributed by atoms with E-state index in [9.17, 15) is 9.59 Å². The van der Waals surface area contributed by atoms with Gasteiger partial charge in [-0.2, -0.15) is 5.53 Å². The molecule has 3 heterocycles. The summed E-state index contributed by atoms with van der Waals surface area (Å²) >= 11 is 0. The minimum Gasteiger partial charge on any atom is -0.494 e. The molecule has 0 aliphatic carbocycles. The minimum atomic E-state index is -0.665. The summed E-state index contributed by atoms with van der Waals surface area (Å²) in [4.78, 5) is 50.2. The maximum Gasteiger partial charge on any atom is 0.295 e. The topological polar surface area (TPSA) is 192 Å². The largest absolute Gasteiger partial charge is 0.494 e. The van der Waals surface area contributed by atoms with E-state index < -0.39 is 11.7 Å². The average molecular weight is 534 g/mol. The summed E-state index contributed by atoms with van der Waals surface area (Å²) in [5, 5.41) is 0.416. The number of hydrazine groups is 2. The van der Waals surface area contributed by atoms with Gasteiger partial charge in [-0.3, -0.25) is 20.9 Å². The van der Waals surface area contributed by atoms with Gasteiger partial charge in [0.15, 0.2) is 5.82 Å². The van der Waals surface area contributed by atoms with Crippen molar-refractivity contribution in [3.8, 4) is 5.75 Å². The number of nitrogens with zero attached hydrogens (tertiary/aromatic N) is 6. The number of nitrogens with two attached hydrogens (primary N) is 2. The van der Waals surface area contributed by atoms with Gasteiger partial charge in [-0.05, 0) is 12.1 Å². The van der Waals surface area contributed by atoms with Crippen LogP contribution >= 0.6 is 0 Å². The van der Waals surface area contributed by atoms with Crippen molar-refractivity contribution in [3.05, 3.63) is 48.3 Å². The van der Waals surface area contributed by atoms with E-state index in [2.05, 4.69) is 35.9 Å². The number of rotatable bonds is 8. The maximum atomic E-state index is 13.4. The first-order valence-corrected chi connectivity index (χ1v) is 12.3. The molecule has 2 aromatic heterocycles. The summed E-state index contributed by atoms with van der Waals surface area (Å²) < 4.78 is 5.43. The third-order valence-electron chi connectivity index (χ3n) is 6.12. The van der Waals surface area contributed by atoms with Crippen molar-refractivity contribution in [2.24, 2.45) is 26.6 Å². The molecule has 0 unspecified atom stereocenters. The highest BCUT2D eigenvalue weighted by atomic mass is 16.5. The van der Waals surface area contributed by atoms with Crippen molar-refractivity contribution in [1.29, 1.82) is 0 Å². The van der Waals surface area contributed by atoms with Crippen LogP contribution in [0.1, 0.15) is 23.7 Å². The van der Waals surface area contributed by atoms with E-state index >= 15 is 0 Å². The molecule has 1 saturated heterocycles. The number of ketones is 1. The Balaban J connectivity index is 1.51. The van der Waals surface area contributed by atoms with Gasteiger partial charge in [-0.25, -0.2) is 20.0 Å². The number of hydrogen-bond donors (Lipinski definition) is 5. The van der Waals surface area contributed by atoms with E-state index in [4.69, 9.17) is 16.3 Å². The molecule has 0 atom stereocenters. The van der Waals surface area contributed by atoms with Gasteiger partial charge in [0.2, 0.25) is 5.96 Å². The van der Waals surface area contributed by atoms with Crippen LogP contribution in [-0.2, 0) is 4.79 Å². The first-order chi connectivity index (χ1) is 19.0. The normalized spacial score (nSPS) is 14.7. The van der Waals surface area contributed by atoms with Crippen LogP contribution in [0.4, 0.5) is 11.5 Å². The first-order valence-electron chi connectivity index (χ1n) is 12.3. The standard InChI is InChI=1S/C25H31N11O3/c1-3-19(26)30-15-31-23-21-20(18(39-2)14-29-23)17(13-28-21)22(37)24(38)35-9-11-36(12-10-35)25(33-34-27)32-16-7-5-4-6-8-16/h4-8,13-15,28,34H,3,9-12,27H2,1-2H3,(H,32,33)(H2,26,29,30,31). The number of H-pyrrole nitrogens is 1. The van der Waals surface area contributed by atoms with Gasteiger partial charge in [0.05, 0.1) is 35.5 Å². The average Bonchev–Trinajstić information content (AvgIpc) is 3.42. The van der Waals surface area contributed by atoms with Gasteiger partial charge in [-0.1, -0.05) is 25.1 Å². The molecule has 1 aliphatic rings. The molecular weight excluding hydrogens is 502 g/mol. The molecule has 3 aromatic rings. The number of aromatic amines is 1. The Morgan fingerprint density at radius 1 is 1.18 bits per heavy atom. The lowest BCUT2D eigenvalue weighted by Crippen LogP contribution is -2.57. The monoisotopic (exact) mass is 533 g/mol. The molecule has 1 aliphatic heterocycles. The lowest BCUT2D eigenvalue weighted by Gasteiger charge is -2.36. The third kappa shape index (κ3) is 6.19. The molecule has 0 saturated carbocycles. The number of amidine groups is 1. The molecule has 4 rings (SSSR count). The zero-order valence-electron chi connectivity index (χ0n) is 21.7. The van der Waals surface area contributed by atoms with Crippen LogP contribution in [0.15, 0.2) is 57.7 Å². The highest BCUT2D eigenvalue weighted by Crippen LogP contribution is 2.33. The van der Waals surface area contributed by atoms with Crippen molar-refractivity contribution in [3.63, 3.8) is 0 Å². The molecule has 39 heavy (non-hydrogen) atoms. The zero-order valence-corrected chi connectivity index (χ0v) is 21.7. The van der Waals surface area contributed by atoms with E-state index in [-0.39, 0.29) is 11.4 Å². The third-order valence-corrected chi connectivity index (χ3v) is 6.12. The van der Waals surface area contributed by atoms with Crippen molar-refractivity contribution < 1.29 is 14.3 Å². The van der Waals surface area contributed by atoms with Gasteiger partial charge in [0, 0.05) is 38.8 Å². The van der Waals surface area contributed by atoms with Crippen LogP contribution in [-0.4, -0.2) is 82.9 Å². The second kappa shape index (κ2) is 12.6. The Labute approximate surface area is 224 Å². The molecule has 14 heteroatoms. The van der Waals surface area contributed by atoms with Gasteiger partial charge in [0.25, 0.3) is 11.7 Å². The SMILES string of the molecule is CCC(N)=NC=Nc1ncc(OC)c2c(C(=O)C(=O)N3CCN(C(=Nc4ccccc4)NNN)CC3)c[nH]c12. The van der Waals surface area contributed by atoms with Crippen molar-refractivity contribution >= 4 is 52.2 Å². The van der Waals surface area contributed by atoms with Crippen LogP contribution in [0, 0.1) is 0 Å². The first kappa shape index (κ1) is 27.2. The fourth-order valence-corrected chi connectivity index (χ4v) is 4.03. The number of fused-ring (bicyclic) bond motifs is 1. The number of carbonyl (C=O) groups excluding carboxylic acids is 2. The highest BCUT2D eigenvalue weighted by Gasteiger charge is 2.30. The van der Waals surface area contributed by atoms with Crippen LogP contribution in [0.2, 0.25) is 0 Å². The van der Waals surface area contributed by atoms with Crippen molar-refractivity contribution in [2.45, 2.75) is 13.3 Å². The Morgan fingerprint density at radius 3 is 2.56 bits per heavy atom. The number of benzene rings is 1. The summed E-state index contributed by atoms with van der Waals surface area (Å²) in [7, 11) is 1.47. The van der Waals surface area contributed by atoms with Crippen LogP contribution in [0.25, 0.3) is 10.9 Å². The summed E-state index contributed by atoms with van der Waals surface area (Å²) in [5.74, 6) is 5.74. The molecule has 14 nitrogen and oxygen atoms in total. The van der Waals surface area contributed by atoms with E-state index in [1.807, 2.05) is 42.2 Å². The molecular formula is C25H31N11O3. The maximum absolute atomic E-state index is 13.4. The number of aliphatic imine (C=N–C) groups is 3. The Kier molecular flexibility index (Phi) is 8.81. The number of methoxy groups -OCH3 is 1. The van der Waals surface area contributed by atoms with Crippen LogP contribution < -0.4 is 27.3 Å². The number of Topliss-reactive ketones (excluding diaryl/α,β-unsaturated/α-hetero) is 1. The number of piperazine rings is 1. The molecule has 7 N–H and O–H groups in total. The number of para-hydroxylation sites is 1. The van der Waals surface area contributed by atoms with Gasteiger partial charge in [-0.15, -0.1) is 0 Å². The Morgan fingerprint density at radius 2 is 1.90 bits per heavy atom. The quantitative estimate of drug-likeness (QED) is 0.0701. The molecule has 204 valence electrons. The number of ether oxygens (including phenoxy) is 1. The van der Waals surface area contributed by atoms with Crippen LogP contribution in [0.5, 0.6) is 5.75 Å². The molecule has 1 aromatic carbocycles. The summed E-state index contributed by atoms with van der Waals surface area (Å²) in [6.45, 7) is 3.40. The van der Waals surface area contributed by atoms with Crippen LogP contribution in [0.3, 0.4) is 0 Å². The van der Waals surface area contributed by atoms with E-state index in [1.165, 1.54) is 30.7 Å². The number of amides is 1. The summed E-state index contributed by atoms with van der Waals surface area (Å²) in [6, 6.07) is 9.41. The summed E-state index contributed by atoms with van der Waals surface area (Å²) in [6.07, 6.45) is 4.79. The van der Waals surface area contributed by atoms with E-state index in [0.717, 1.165) is 5.69 Å². The lowest BCUT2D eigenvalue weighted by atomic mass is 10.1. The molecule has 0 bridgehead atoms. The van der Waals surface area contributed by atoms with Crippen molar-refractivity contribution in [1.82, 2.24) is 30.7 Å². The second-order valence-corrected chi connectivity index (χ2v) is 8.47. The fourth-order valence-electron chi connectivity index (χ4n) is 4.03. The molecule has 1 amide bonds. The lowest BCUT2D eigenvalue weighted by molar-refractivity contribution is -0.127. The highest BCUT2D eigenvalue weighted by molar-refractivity contribution is 6.45. The number of guanidine groups is 1. The van der Waals surface area contributed by atoms with E-state index in [0.29, 0.717) is 61.0 Å². The number of hydrogen-bond acceptors (Lipinski definition) is 8. The Hall–Kier alpha value is -4.82. The molecule has 1 fully saturated rings. The van der Waals surface area contributed by atoms with E-state index in [1.54, 1.807) is 0 Å². The predicted molar refractivity (Wildman–Crippen MR) is 149 cm³/mol. The fraction of sp³-hybridized carbons (Fsp3) is 0.280. The number of carbonyl (C=O) groups is 2. The summed E-state index contributed by atoms with van der Waals surface area (Å²) in [5.41, 5.74) is 12.3. The van der Waals surface area contributed by atoms with Gasteiger partial charge >= 0.3 is 0 Å². The minimum absolute atomic E-state index is 0.171. The van der Waals surface area contributed by atoms with Crippen molar-refractivity contribution in [2.75, 3.05) is 33.3 Å². The predicted octanol–water partition coefficient (Wildman–Crippen LogP) is 0.981. The number of pyridine rings is 1. The zero-order chi connectivity index (χ0) is 27.8.